The van der Waals surface area contributed by atoms with E-state index in [0.717, 1.165) is 0 Å². The van der Waals surface area contributed by atoms with Crippen LogP contribution < -0.4 is 9.47 Å². The average molecular weight is 345 g/mol. The van der Waals surface area contributed by atoms with Crippen molar-refractivity contribution >= 4 is 5.91 Å². The number of hydrogen-bond acceptors (Lipinski definition) is 4. The van der Waals surface area contributed by atoms with Gasteiger partial charge in [-0.15, -0.1) is 0 Å². The van der Waals surface area contributed by atoms with Crippen LogP contribution in [-0.4, -0.2) is 44.2 Å². The van der Waals surface area contributed by atoms with Crippen molar-refractivity contribution in [3.63, 3.8) is 0 Å². The summed E-state index contributed by atoms with van der Waals surface area (Å²) in [6, 6.07) is 11.6. The van der Waals surface area contributed by atoms with Gasteiger partial charge in [-0.3, -0.25) is 4.79 Å². The Morgan fingerprint density at radius 3 is 2.60 bits per heavy atom. The zero-order chi connectivity index (χ0) is 17.8. The first-order chi connectivity index (χ1) is 12.1. The largest absolute Gasteiger partial charge is 0.497 e. The van der Waals surface area contributed by atoms with Crippen molar-refractivity contribution in [1.82, 2.24) is 4.90 Å². The number of benzene rings is 2. The lowest BCUT2D eigenvalue weighted by Crippen LogP contribution is -2.54. The van der Waals surface area contributed by atoms with Crippen LogP contribution in [0.4, 0.5) is 4.39 Å². The molecule has 2 aromatic rings. The Balaban J connectivity index is 1.56. The van der Waals surface area contributed by atoms with E-state index in [1.165, 1.54) is 13.2 Å². The minimum Gasteiger partial charge on any atom is -0.497 e. The summed E-state index contributed by atoms with van der Waals surface area (Å²) in [6.07, 6.45) is -0.0900. The molecule has 0 radical (unpaired) electrons. The minimum absolute atomic E-state index is 0.0900. The third kappa shape index (κ3) is 3.74. The lowest BCUT2D eigenvalue weighted by Gasteiger charge is -2.39. The zero-order valence-corrected chi connectivity index (χ0v) is 14.2. The van der Waals surface area contributed by atoms with Gasteiger partial charge in [-0.05, 0) is 18.2 Å². The number of halogens is 1. The second kappa shape index (κ2) is 7.53. The molecule has 2 aromatic carbocycles. The van der Waals surface area contributed by atoms with Gasteiger partial charge in [-0.1, -0.05) is 18.2 Å². The Morgan fingerprint density at radius 2 is 1.92 bits per heavy atom. The molecule has 132 valence electrons. The molecule has 0 aliphatic carbocycles. The SMILES string of the molecule is COc1ccc(C(=O)N2CC(OCc3ccccc3F)C2)c(OC)c1. The smallest absolute Gasteiger partial charge is 0.257 e. The van der Waals surface area contributed by atoms with Crippen molar-refractivity contribution < 1.29 is 23.4 Å². The summed E-state index contributed by atoms with van der Waals surface area (Å²) in [4.78, 5) is 14.2. The standard InChI is InChI=1S/C19H20FNO4/c1-23-14-7-8-16(18(9-14)24-2)19(22)21-10-15(11-21)25-12-13-5-3-4-6-17(13)20/h3-9,15H,10-12H2,1-2H3. The topological polar surface area (TPSA) is 48.0 Å². The van der Waals surface area contributed by atoms with Gasteiger partial charge in [0.2, 0.25) is 0 Å². The fraction of sp³-hybridized carbons (Fsp3) is 0.316. The second-order valence-corrected chi connectivity index (χ2v) is 5.80. The number of nitrogens with zero attached hydrogens (tertiary/aromatic N) is 1. The summed E-state index contributed by atoms with van der Waals surface area (Å²) >= 11 is 0. The van der Waals surface area contributed by atoms with E-state index in [-0.39, 0.29) is 24.4 Å². The highest BCUT2D eigenvalue weighted by Gasteiger charge is 2.33. The van der Waals surface area contributed by atoms with E-state index in [2.05, 4.69) is 0 Å². The fourth-order valence-corrected chi connectivity index (χ4v) is 2.68. The summed E-state index contributed by atoms with van der Waals surface area (Å²) in [7, 11) is 3.07. The monoisotopic (exact) mass is 345 g/mol. The van der Waals surface area contributed by atoms with Crippen LogP contribution >= 0.6 is 0 Å². The van der Waals surface area contributed by atoms with E-state index in [1.54, 1.807) is 48.4 Å². The Hall–Kier alpha value is -2.60. The third-order valence-electron chi connectivity index (χ3n) is 4.21. The fourth-order valence-electron chi connectivity index (χ4n) is 2.68. The van der Waals surface area contributed by atoms with Crippen molar-refractivity contribution in [2.45, 2.75) is 12.7 Å². The van der Waals surface area contributed by atoms with Gasteiger partial charge >= 0.3 is 0 Å². The maximum Gasteiger partial charge on any atom is 0.257 e. The van der Waals surface area contributed by atoms with Crippen LogP contribution in [0.3, 0.4) is 0 Å². The van der Waals surface area contributed by atoms with E-state index in [1.807, 2.05) is 0 Å². The molecule has 0 bridgehead atoms. The molecule has 0 atom stereocenters. The second-order valence-electron chi connectivity index (χ2n) is 5.80. The molecule has 25 heavy (non-hydrogen) atoms. The summed E-state index contributed by atoms with van der Waals surface area (Å²) < 4.78 is 29.6. The molecule has 6 heteroatoms. The summed E-state index contributed by atoms with van der Waals surface area (Å²) in [5.74, 6) is 0.700. The van der Waals surface area contributed by atoms with Crippen molar-refractivity contribution in [2.75, 3.05) is 27.3 Å². The van der Waals surface area contributed by atoms with E-state index in [4.69, 9.17) is 14.2 Å². The summed E-state index contributed by atoms with van der Waals surface area (Å²) in [6.45, 7) is 1.15. The maximum absolute atomic E-state index is 13.6. The predicted molar refractivity (Wildman–Crippen MR) is 90.4 cm³/mol. The van der Waals surface area contributed by atoms with Crippen molar-refractivity contribution in [3.05, 3.63) is 59.4 Å². The molecule has 0 unspecified atom stereocenters. The number of methoxy groups -OCH3 is 2. The molecule has 0 aromatic heterocycles. The number of likely N-dealkylation sites (tertiary alicyclic amines) is 1. The lowest BCUT2D eigenvalue weighted by atomic mass is 10.1. The summed E-state index contributed by atoms with van der Waals surface area (Å²) in [5.41, 5.74) is 1.000. The molecule has 0 saturated carbocycles. The van der Waals surface area contributed by atoms with Crippen LogP contribution in [0.15, 0.2) is 42.5 Å². The maximum atomic E-state index is 13.6. The highest BCUT2D eigenvalue weighted by molar-refractivity contribution is 5.97. The van der Waals surface area contributed by atoms with Gasteiger partial charge in [-0.2, -0.15) is 0 Å². The number of ether oxygens (including phenoxy) is 3. The highest BCUT2D eigenvalue weighted by Crippen LogP contribution is 2.27. The van der Waals surface area contributed by atoms with Gasteiger partial charge in [-0.25, -0.2) is 4.39 Å². The first kappa shape index (κ1) is 17.2. The van der Waals surface area contributed by atoms with Crippen LogP contribution in [0.1, 0.15) is 15.9 Å². The van der Waals surface area contributed by atoms with E-state index in [0.29, 0.717) is 35.7 Å². The number of amides is 1. The molecular formula is C19H20FNO4. The number of rotatable bonds is 6. The van der Waals surface area contributed by atoms with Crippen molar-refractivity contribution in [3.8, 4) is 11.5 Å². The molecule has 0 N–H and O–H groups in total. The normalized spacial score (nSPS) is 14.1. The summed E-state index contributed by atoms with van der Waals surface area (Å²) in [5, 5.41) is 0. The molecule has 1 aliphatic heterocycles. The number of hydrogen-bond donors (Lipinski definition) is 0. The molecular weight excluding hydrogens is 325 g/mol. The van der Waals surface area contributed by atoms with Gasteiger partial charge < -0.3 is 19.1 Å². The van der Waals surface area contributed by atoms with Gasteiger partial charge in [0.1, 0.15) is 17.3 Å². The molecule has 1 aliphatic rings. The van der Waals surface area contributed by atoms with Gasteiger partial charge in [0.15, 0.2) is 0 Å². The van der Waals surface area contributed by atoms with Crippen molar-refractivity contribution in [1.29, 1.82) is 0 Å². The third-order valence-corrected chi connectivity index (χ3v) is 4.21. The molecule has 3 rings (SSSR count). The van der Waals surface area contributed by atoms with Crippen LogP contribution in [0.25, 0.3) is 0 Å². The van der Waals surface area contributed by atoms with Crippen LogP contribution in [-0.2, 0) is 11.3 Å². The predicted octanol–water partition coefficient (Wildman–Crippen LogP) is 2.88. The lowest BCUT2D eigenvalue weighted by molar-refractivity contribution is -0.0510. The van der Waals surface area contributed by atoms with Crippen LogP contribution in [0, 0.1) is 5.82 Å². The Morgan fingerprint density at radius 1 is 1.16 bits per heavy atom. The molecule has 1 heterocycles. The minimum atomic E-state index is -0.280. The Bertz CT molecular complexity index is 759. The first-order valence-corrected chi connectivity index (χ1v) is 7.98. The van der Waals surface area contributed by atoms with E-state index >= 15 is 0 Å². The zero-order valence-electron chi connectivity index (χ0n) is 14.2. The van der Waals surface area contributed by atoms with Crippen molar-refractivity contribution in [2.24, 2.45) is 0 Å². The van der Waals surface area contributed by atoms with Crippen LogP contribution in [0.2, 0.25) is 0 Å². The van der Waals surface area contributed by atoms with E-state index in [9.17, 15) is 9.18 Å². The van der Waals surface area contributed by atoms with Crippen LogP contribution in [0.5, 0.6) is 11.5 Å². The molecule has 0 spiro atoms. The number of carbonyl (C=O) groups is 1. The Kier molecular flexibility index (Phi) is 5.19. The van der Waals surface area contributed by atoms with E-state index < -0.39 is 0 Å². The quantitative estimate of drug-likeness (QED) is 0.808. The number of carbonyl (C=O) groups excluding carboxylic acids is 1. The van der Waals surface area contributed by atoms with Gasteiger partial charge in [0.25, 0.3) is 5.91 Å². The molecule has 1 saturated heterocycles. The first-order valence-electron chi connectivity index (χ1n) is 7.98. The average Bonchev–Trinajstić information content (AvgIpc) is 2.61. The Labute approximate surface area is 145 Å². The highest BCUT2D eigenvalue weighted by atomic mass is 19.1. The van der Waals surface area contributed by atoms with Gasteiger partial charge in [0, 0.05) is 24.7 Å². The molecule has 5 nitrogen and oxygen atoms in total. The molecule has 1 amide bonds. The van der Waals surface area contributed by atoms with Gasteiger partial charge in [0.05, 0.1) is 32.5 Å². The molecule has 1 fully saturated rings.